The smallest absolute Gasteiger partial charge is 0.403 e. The summed E-state index contributed by atoms with van der Waals surface area (Å²) in [5.41, 5.74) is 1.06. The van der Waals surface area contributed by atoms with Gasteiger partial charge >= 0.3 is 7.82 Å². The van der Waals surface area contributed by atoms with Gasteiger partial charge in [0.25, 0.3) is 11.8 Å². The number of phosphoric ester groups is 1. The van der Waals surface area contributed by atoms with Gasteiger partial charge < -0.3 is 29.7 Å². The minimum atomic E-state index is -4.79. The van der Waals surface area contributed by atoms with Gasteiger partial charge in [0, 0.05) is 17.3 Å². The molecule has 0 aliphatic carbocycles. The van der Waals surface area contributed by atoms with E-state index in [-0.39, 0.29) is 23.8 Å². The van der Waals surface area contributed by atoms with Gasteiger partial charge in [-0.05, 0) is 19.4 Å². The predicted octanol–water partition coefficient (Wildman–Crippen LogP) is 1.58. The summed E-state index contributed by atoms with van der Waals surface area (Å²) in [5.74, 6) is -4.72. The molecular formula is C19H22FN2O8P. The predicted molar refractivity (Wildman–Crippen MR) is 104 cm³/mol. The summed E-state index contributed by atoms with van der Waals surface area (Å²) in [7, 11) is -4.79. The number of benzene rings is 1. The van der Waals surface area contributed by atoms with Gasteiger partial charge in [-0.3, -0.25) is 13.8 Å². The van der Waals surface area contributed by atoms with Crippen LogP contribution in [0.4, 0.5) is 4.39 Å². The van der Waals surface area contributed by atoms with E-state index in [0.29, 0.717) is 16.0 Å². The molecule has 1 aromatic carbocycles. The van der Waals surface area contributed by atoms with Crippen LogP contribution in [0.5, 0.6) is 5.75 Å². The monoisotopic (exact) mass is 459 g/mol. The molecule has 5 atom stereocenters. The van der Waals surface area contributed by atoms with E-state index in [0.717, 1.165) is 6.20 Å². The summed E-state index contributed by atoms with van der Waals surface area (Å²) in [6.45, 7) is 2.43. The molecule has 31 heavy (non-hydrogen) atoms. The number of hydrogen-bond donors (Lipinski definition) is 3. The maximum atomic E-state index is 15.9. The van der Waals surface area contributed by atoms with Crippen LogP contribution in [0, 0.1) is 6.92 Å². The fourth-order valence-corrected chi connectivity index (χ4v) is 4.27. The van der Waals surface area contributed by atoms with Crippen molar-refractivity contribution in [2.75, 3.05) is 6.56 Å². The molecule has 0 radical (unpaired) electrons. The van der Waals surface area contributed by atoms with Crippen molar-refractivity contribution in [3.8, 4) is 5.75 Å². The number of fused-ring (bicyclic) bond motifs is 1. The van der Waals surface area contributed by atoms with Crippen LogP contribution in [0.1, 0.15) is 22.2 Å². The number of para-hydroxylation sites is 1. The van der Waals surface area contributed by atoms with Crippen LogP contribution < -0.4 is 9.84 Å². The molecule has 0 bridgehead atoms. The molecule has 10 nitrogen and oxygen atoms in total. The number of carbonyl (C=O) groups is 1. The number of aliphatic hydroxyl groups excluding tert-OH is 2. The van der Waals surface area contributed by atoms with E-state index < -0.39 is 44.6 Å². The molecule has 0 saturated carbocycles. The molecule has 3 heterocycles. The molecule has 168 valence electrons. The van der Waals surface area contributed by atoms with Crippen molar-refractivity contribution < 1.29 is 46.4 Å². The molecule has 3 aliphatic rings. The fourth-order valence-electron chi connectivity index (χ4n) is 3.11. The first kappa shape index (κ1) is 18.3. The Labute approximate surface area is 181 Å². The second-order valence-electron chi connectivity index (χ2n) is 7.13. The van der Waals surface area contributed by atoms with E-state index in [4.69, 9.17) is 22.4 Å². The van der Waals surface area contributed by atoms with Crippen molar-refractivity contribution in [3.05, 3.63) is 53.5 Å². The zero-order valence-electron chi connectivity index (χ0n) is 19.5. The molecule has 12 heteroatoms. The van der Waals surface area contributed by atoms with Crippen LogP contribution in [-0.2, 0) is 29.8 Å². The van der Waals surface area contributed by atoms with E-state index in [2.05, 4.69) is 11.9 Å². The van der Waals surface area contributed by atoms with Crippen molar-refractivity contribution in [2.24, 2.45) is 0 Å². The maximum absolute atomic E-state index is 15.9. The molecular weight excluding hydrogens is 434 g/mol. The lowest BCUT2D eigenvalue weighted by Crippen LogP contribution is -2.47. The second kappa shape index (κ2) is 7.70. The minimum absolute atomic E-state index is 0.0300. The Morgan fingerprint density at radius 1 is 1.52 bits per heavy atom. The van der Waals surface area contributed by atoms with Gasteiger partial charge in [0.2, 0.25) is 0 Å². The lowest BCUT2D eigenvalue weighted by atomic mass is 10.1. The quantitative estimate of drug-likeness (QED) is 0.575. The number of aryl methyl sites for hydroxylation is 1. The Kier molecular flexibility index (Phi) is 4.55. The third-order valence-electron chi connectivity index (χ3n) is 4.82. The van der Waals surface area contributed by atoms with Gasteiger partial charge in [-0.15, -0.1) is 0 Å². The Balaban J connectivity index is 1.64. The lowest BCUT2D eigenvalue weighted by Gasteiger charge is -2.34. The fraction of sp³-hybridized carbons (Fsp3) is 0.421. The number of rotatable bonds is 4. The molecule has 1 amide bonds. The topological polar surface area (TPSA) is 127 Å². The van der Waals surface area contributed by atoms with E-state index >= 15 is 4.39 Å². The number of alkyl halides is 1. The average Bonchev–Trinajstić information content (AvgIpc) is 2.93. The highest BCUT2D eigenvalue weighted by Crippen LogP contribution is 2.56. The van der Waals surface area contributed by atoms with Crippen LogP contribution in [0.25, 0.3) is 0 Å². The number of carbonyl (C=O) groups excluding carboxylic acids is 1. The summed E-state index contributed by atoms with van der Waals surface area (Å²) in [6.07, 6.45) is -6.99. The Morgan fingerprint density at radius 3 is 3.00 bits per heavy atom. The minimum Gasteiger partial charge on any atom is -0.403 e. The number of amides is 1. The number of hydrogen-bond acceptors (Lipinski definition) is 9. The summed E-state index contributed by atoms with van der Waals surface area (Å²) in [6, 6.07) is 4.94. The molecule has 0 aromatic heterocycles. The van der Waals surface area contributed by atoms with Crippen molar-refractivity contribution in [1.29, 1.82) is 0 Å². The highest BCUT2D eigenvalue weighted by molar-refractivity contribution is 7.49. The van der Waals surface area contributed by atoms with Gasteiger partial charge in [0.15, 0.2) is 6.20 Å². The lowest BCUT2D eigenvalue weighted by molar-refractivity contribution is -0.208. The van der Waals surface area contributed by atoms with Crippen LogP contribution in [0.3, 0.4) is 0 Å². The largest absolute Gasteiger partial charge is 0.530 e. The van der Waals surface area contributed by atoms with Gasteiger partial charge in [-0.25, -0.2) is 8.96 Å². The van der Waals surface area contributed by atoms with Gasteiger partial charge in [0.05, 0.1) is 10.7 Å². The molecule has 1 fully saturated rings. The number of aliphatic hydroxyl groups is 2. The highest BCUT2D eigenvalue weighted by Gasteiger charge is 2.58. The van der Waals surface area contributed by atoms with Crippen LogP contribution in [0.15, 0.2) is 42.4 Å². The van der Waals surface area contributed by atoms with E-state index in [1.807, 2.05) is 0 Å². The van der Waals surface area contributed by atoms with E-state index in [1.165, 1.54) is 6.92 Å². The van der Waals surface area contributed by atoms with Crippen molar-refractivity contribution in [3.63, 3.8) is 0 Å². The molecule has 1 saturated heterocycles. The SMILES string of the molecule is [2H]C([2H])(OP1(=O)OCc2cccc(C)c2O1)[C@@]1(F)O[C@@]([2H])(N2C=C(C)C(=O)NC2=C)[C@H](O)[C@@H]1O. The van der Waals surface area contributed by atoms with Crippen LogP contribution in [-0.4, -0.2) is 51.8 Å². The number of nitrogens with zero attached hydrogens (tertiary/aromatic N) is 1. The summed E-state index contributed by atoms with van der Waals surface area (Å²) >= 11 is 0. The number of ether oxygens (including phenoxy) is 1. The van der Waals surface area contributed by atoms with Gasteiger partial charge in [-0.1, -0.05) is 24.8 Å². The van der Waals surface area contributed by atoms with Crippen molar-refractivity contribution in [2.45, 2.75) is 44.7 Å². The molecule has 0 spiro atoms. The maximum Gasteiger partial charge on any atom is 0.530 e. The highest BCUT2D eigenvalue weighted by atomic mass is 31.2. The molecule has 3 N–H and O–H groups in total. The van der Waals surface area contributed by atoms with Gasteiger partial charge in [-0.2, -0.15) is 0 Å². The second-order valence-corrected chi connectivity index (χ2v) is 8.64. The molecule has 1 unspecified atom stereocenters. The first-order valence-corrected chi connectivity index (χ1v) is 10.6. The van der Waals surface area contributed by atoms with Crippen molar-refractivity contribution >= 4 is 13.7 Å². The number of nitrogens with one attached hydrogen (secondary N) is 1. The first-order chi connectivity index (χ1) is 15.6. The van der Waals surface area contributed by atoms with E-state index in [1.54, 1.807) is 25.1 Å². The third kappa shape index (κ3) is 3.89. The number of halogens is 1. The van der Waals surface area contributed by atoms with Crippen LogP contribution in [0.2, 0.25) is 0 Å². The summed E-state index contributed by atoms with van der Waals surface area (Å²) in [4.78, 5) is 12.5. The first-order valence-electron chi connectivity index (χ1n) is 10.6. The molecule has 3 aliphatic heterocycles. The third-order valence-corrected chi connectivity index (χ3v) is 5.99. The van der Waals surface area contributed by atoms with Crippen molar-refractivity contribution in [1.82, 2.24) is 10.2 Å². The summed E-state index contributed by atoms with van der Waals surface area (Å²) < 4.78 is 73.6. The standard InChI is InChI=1S/C19H22FN2O8P/c1-10-5-4-6-13-8-27-31(26,30-15(10)13)28-9-19(20)16(24)14(23)18(29-19)22-7-11(2)17(25)21-12(22)3/h4-7,14,16,18,23-24H,3,8-9H2,1-2H3,(H,21,25)/t14-,16+,18-,19-,31?/m1/s1/i9D2,18D. The summed E-state index contributed by atoms with van der Waals surface area (Å²) in [5, 5.41) is 23.2. The number of phosphoric acid groups is 1. The Bertz CT molecular complexity index is 1150. The Morgan fingerprint density at radius 2 is 2.26 bits per heavy atom. The normalized spacial score (nSPS) is 39.6. The Hall–Kier alpha value is -2.27. The average molecular weight is 459 g/mol. The van der Waals surface area contributed by atoms with Gasteiger partial charge in [0.1, 0.15) is 30.3 Å². The molecule has 1 aromatic rings. The van der Waals surface area contributed by atoms with Crippen LogP contribution >= 0.6 is 7.82 Å². The zero-order valence-corrected chi connectivity index (χ0v) is 17.4. The molecule has 4 rings (SSSR count). The zero-order chi connectivity index (χ0) is 25.3. The van der Waals surface area contributed by atoms with E-state index in [9.17, 15) is 19.6 Å².